The molecule has 0 radical (unpaired) electrons. The van der Waals surface area contributed by atoms with Gasteiger partial charge in [-0.1, -0.05) is 18.0 Å². The van der Waals surface area contributed by atoms with Crippen molar-refractivity contribution < 1.29 is 4.79 Å². The molecule has 1 aliphatic carbocycles. The molecule has 62 valence electrons. The lowest BCUT2D eigenvalue weighted by Crippen LogP contribution is -2.21. The van der Waals surface area contributed by atoms with Crippen molar-refractivity contribution in [2.45, 2.75) is 38.6 Å². The Morgan fingerprint density at radius 1 is 1.45 bits per heavy atom. The van der Waals surface area contributed by atoms with Gasteiger partial charge in [-0.2, -0.15) is 4.91 Å². The highest BCUT2D eigenvalue weighted by atomic mass is 16.3. The molecule has 1 aliphatic rings. The number of rotatable bonds is 3. The second-order valence-corrected chi connectivity index (χ2v) is 3.17. The minimum Gasteiger partial charge on any atom is -0.297 e. The van der Waals surface area contributed by atoms with E-state index in [-0.39, 0.29) is 11.7 Å². The summed E-state index contributed by atoms with van der Waals surface area (Å²) in [5.41, 5.74) is 0. The van der Waals surface area contributed by atoms with Crippen LogP contribution >= 0.6 is 0 Å². The van der Waals surface area contributed by atoms with Crippen LogP contribution in [-0.2, 0) is 4.79 Å². The Kier molecular flexibility index (Phi) is 2.74. The maximum Gasteiger partial charge on any atom is 0.163 e. The molecule has 0 aromatic carbocycles. The van der Waals surface area contributed by atoms with Gasteiger partial charge in [-0.25, -0.2) is 0 Å². The second-order valence-electron chi connectivity index (χ2n) is 3.17. The summed E-state index contributed by atoms with van der Waals surface area (Å²) < 4.78 is 0. The van der Waals surface area contributed by atoms with Crippen LogP contribution < -0.4 is 0 Å². The quantitative estimate of drug-likeness (QED) is 0.584. The average molecular weight is 155 g/mol. The summed E-state index contributed by atoms with van der Waals surface area (Å²) >= 11 is 0. The molecule has 0 aromatic rings. The normalized spacial score (nSPS) is 21.5. The predicted octanol–water partition coefficient (Wildman–Crippen LogP) is 1.90. The summed E-state index contributed by atoms with van der Waals surface area (Å²) in [7, 11) is 0. The molecule has 1 saturated carbocycles. The third kappa shape index (κ3) is 1.85. The Labute approximate surface area is 66.1 Å². The molecule has 0 amide bonds. The van der Waals surface area contributed by atoms with E-state index in [9.17, 15) is 9.70 Å². The molecule has 3 heteroatoms. The molecular weight excluding hydrogens is 142 g/mol. The molecule has 0 bridgehead atoms. The molecule has 1 fully saturated rings. The molecule has 0 N–H and O–H groups in total. The number of hydrogen-bond donors (Lipinski definition) is 0. The van der Waals surface area contributed by atoms with Gasteiger partial charge in [0, 0.05) is 5.92 Å². The van der Waals surface area contributed by atoms with Crippen LogP contribution in [-0.4, -0.2) is 11.8 Å². The van der Waals surface area contributed by atoms with E-state index in [2.05, 4.69) is 5.18 Å². The molecule has 0 spiro atoms. The van der Waals surface area contributed by atoms with Crippen molar-refractivity contribution >= 4 is 5.78 Å². The summed E-state index contributed by atoms with van der Waals surface area (Å²) in [4.78, 5) is 21.3. The molecule has 0 saturated heterocycles. The van der Waals surface area contributed by atoms with Gasteiger partial charge in [0.05, 0.1) is 0 Å². The Bertz CT molecular complexity index is 161. The molecule has 1 unspecified atom stereocenters. The summed E-state index contributed by atoms with van der Waals surface area (Å²) in [5, 5.41) is 2.73. The van der Waals surface area contributed by atoms with Gasteiger partial charge in [0.1, 0.15) is 6.04 Å². The molecule has 11 heavy (non-hydrogen) atoms. The number of ketones is 1. The van der Waals surface area contributed by atoms with E-state index < -0.39 is 6.04 Å². The standard InChI is InChI=1S/C8H13NO2/c1-6(9-11)8(10)7-4-2-3-5-7/h6-7H,2-5H2,1H3. The van der Waals surface area contributed by atoms with E-state index in [4.69, 9.17) is 0 Å². The number of Topliss-reactive ketones (excluding diaryl/α,β-unsaturated/α-hetero) is 1. The molecule has 1 rings (SSSR count). The van der Waals surface area contributed by atoms with Crippen LogP contribution in [0.5, 0.6) is 0 Å². The monoisotopic (exact) mass is 155 g/mol. The van der Waals surface area contributed by atoms with Gasteiger partial charge in [-0.15, -0.1) is 0 Å². The van der Waals surface area contributed by atoms with E-state index >= 15 is 0 Å². The van der Waals surface area contributed by atoms with Gasteiger partial charge in [-0.3, -0.25) is 4.79 Å². The number of nitroso groups, excluding NO2 is 1. The van der Waals surface area contributed by atoms with E-state index in [1.807, 2.05) is 0 Å². The van der Waals surface area contributed by atoms with Gasteiger partial charge < -0.3 is 0 Å². The minimum atomic E-state index is -0.627. The lowest BCUT2D eigenvalue weighted by atomic mass is 9.98. The maximum atomic E-state index is 11.3. The summed E-state index contributed by atoms with van der Waals surface area (Å²) in [5.74, 6) is 0.167. The van der Waals surface area contributed by atoms with Gasteiger partial charge in [0.25, 0.3) is 0 Å². The predicted molar refractivity (Wildman–Crippen MR) is 42.2 cm³/mol. The fraction of sp³-hybridized carbons (Fsp3) is 0.875. The topological polar surface area (TPSA) is 46.5 Å². The number of carbonyl (C=O) groups excluding carboxylic acids is 1. The lowest BCUT2D eigenvalue weighted by Gasteiger charge is -2.07. The largest absolute Gasteiger partial charge is 0.297 e. The van der Waals surface area contributed by atoms with Gasteiger partial charge in [0.15, 0.2) is 5.78 Å². The number of carbonyl (C=O) groups is 1. The molecule has 3 nitrogen and oxygen atoms in total. The van der Waals surface area contributed by atoms with Crippen LogP contribution in [0.2, 0.25) is 0 Å². The number of hydrogen-bond acceptors (Lipinski definition) is 3. The van der Waals surface area contributed by atoms with Crippen LogP contribution in [0.4, 0.5) is 0 Å². The van der Waals surface area contributed by atoms with E-state index in [1.54, 1.807) is 6.92 Å². The third-order valence-electron chi connectivity index (χ3n) is 2.33. The zero-order chi connectivity index (χ0) is 8.27. The molecule has 0 aromatic heterocycles. The first kappa shape index (κ1) is 8.37. The summed E-state index contributed by atoms with van der Waals surface area (Å²) in [6.07, 6.45) is 4.17. The first-order chi connectivity index (χ1) is 5.25. The molecule has 1 atom stereocenters. The highest BCUT2D eigenvalue weighted by molar-refractivity contribution is 5.86. The van der Waals surface area contributed by atoms with Crippen molar-refractivity contribution in [2.24, 2.45) is 11.1 Å². The van der Waals surface area contributed by atoms with Crippen molar-refractivity contribution in [3.8, 4) is 0 Å². The van der Waals surface area contributed by atoms with E-state index in [0.717, 1.165) is 25.7 Å². The van der Waals surface area contributed by atoms with Crippen LogP contribution in [0, 0.1) is 10.8 Å². The minimum absolute atomic E-state index is 0.0394. The van der Waals surface area contributed by atoms with Gasteiger partial charge in [0.2, 0.25) is 0 Å². The maximum absolute atomic E-state index is 11.3. The molecular formula is C8H13NO2. The SMILES string of the molecule is CC(N=O)C(=O)C1CCCC1. The number of nitrogens with zero attached hydrogens (tertiary/aromatic N) is 1. The van der Waals surface area contributed by atoms with E-state index in [0.29, 0.717) is 0 Å². The zero-order valence-electron chi connectivity index (χ0n) is 6.75. The van der Waals surface area contributed by atoms with Crippen molar-refractivity contribution in [1.29, 1.82) is 0 Å². The summed E-state index contributed by atoms with van der Waals surface area (Å²) in [6, 6.07) is -0.627. The Morgan fingerprint density at radius 3 is 2.45 bits per heavy atom. The van der Waals surface area contributed by atoms with Crippen LogP contribution in [0.15, 0.2) is 5.18 Å². The van der Waals surface area contributed by atoms with Crippen molar-refractivity contribution in [3.05, 3.63) is 4.91 Å². The van der Waals surface area contributed by atoms with Crippen LogP contribution in [0.25, 0.3) is 0 Å². The molecule has 0 aliphatic heterocycles. The Balaban J connectivity index is 2.45. The highest BCUT2D eigenvalue weighted by Gasteiger charge is 2.26. The second kappa shape index (κ2) is 3.60. The fourth-order valence-corrected chi connectivity index (χ4v) is 1.60. The third-order valence-corrected chi connectivity index (χ3v) is 2.33. The fourth-order valence-electron chi connectivity index (χ4n) is 1.60. The van der Waals surface area contributed by atoms with Crippen molar-refractivity contribution in [3.63, 3.8) is 0 Å². The van der Waals surface area contributed by atoms with Crippen molar-refractivity contribution in [2.75, 3.05) is 0 Å². The van der Waals surface area contributed by atoms with Gasteiger partial charge >= 0.3 is 0 Å². The van der Waals surface area contributed by atoms with Gasteiger partial charge in [-0.05, 0) is 19.8 Å². The van der Waals surface area contributed by atoms with Crippen molar-refractivity contribution in [1.82, 2.24) is 0 Å². The summed E-state index contributed by atoms with van der Waals surface area (Å²) in [6.45, 7) is 1.58. The zero-order valence-corrected chi connectivity index (χ0v) is 6.75. The molecule has 0 heterocycles. The smallest absolute Gasteiger partial charge is 0.163 e. The Morgan fingerprint density at radius 2 is 2.00 bits per heavy atom. The lowest BCUT2D eigenvalue weighted by molar-refractivity contribution is -0.123. The van der Waals surface area contributed by atoms with E-state index in [1.165, 1.54) is 0 Å². The average Bonchev–Trinajstić information content (AvgIpc) is 2.53. The Hall–Kier alpha value is -0.730. The van der Waals surface area contributed by atoms with Crippen LogP contribution in [0.1, 0.15) is 32.6 Å². The van der Waals surface area contributed by atoms with Crippen LogP contribution in [0.3, 0.4) is 0 Å². The first-order valence-electron chi connectivity index (χ1n) is 4.12. The first-order valence-corrected chi connectivity index (χ1v) is 4.12. The highest BCUT2D eigenvalue weighted by Crippen LogP contribution is 2.26.